The summed E-state index contributed by atoms with van der Waals surface area (Å²) < 4.78 is 11.5. The third-order valence-electron chi connectivity index (χ3n) is 3.62. The molecular weight excluding hydrogens is 378 g/mol. The number of nitrogens with one attached hydrogen (secondary N) is 2. The summed E-state index contributed by atoms with van der Waals surface area (Å²) in [5.41, 5.74) is 0.388. The summed E-state index contributed by atoms with van der Waals surface area (Å²) in [6.45, 7) is 0.942. The summed E-state index contributed by atoms with van der Waals surface area (Å²) in [5, 5.41) is 2.71. The highest BCUT2D eigenvalue weighted by atomic mass is 35.5. The Hall–Kier alpha value is -2.84. The fourth-order valence-electron chi connectivity index (χ4n) is 2.48. The number of fused-ring (bicyclic) bond motifs is 1. The van der Waals surface area contributed by atoms with Crippen molar-refractivity contribution >= 4 is 34.5 Å². The number of carbonyl (C=O) groups is 1. The highest BCUT2D eigenvalue weighted by molar-refractivity contribution is 7.19. The van der Waals surface area contributed by atoms with Crippen molar-refractivity contribution in [2.24, 2.45) is 0 Å². The second-order valence-corrected chi connectivity index (χ2v) is 7.12. The van der Waals surface area contributed by atoms with Crippen molar-refractivity contribution in [1.82, 2.24) is 9.97 Å². The monoisotopic (exact) mass is 389 g/mol. The second kappa shape index (κ2) is 6.81. The molecule has 7 nitrogen and oxygen atoms in total. The van der Waals surface area contributed by atoms with E-state index in [1.54, 1.807) is 30.3 Å². The van der Waals surface area contributed by atoms with Crippen LogP contribution in [0.15, 0.2) is 41.2 Å². The van der Waals surface area contributed by atoms with Crippen LogP contribution in [0.25, 0.3) is 10.6 Å². The number of hydrogen-bond acceptors (Lipinski definition) is 6. The van der Waals surface area contributed by atoms with Gasteiger partial charge in [0, 0.05) is 11.8 Å². The number of thiophene rings is 1. The summed E-state index contributed by atoms with van der Waals surface area (Å²) in [6.07, 6.45) is 0. The minimum absolute atomic E-state index is 0.00293. The lowest BCUT2D eigenvalue weighted by molar-refractivity contribution is 0.102. The number of hydrogen-bond donors (Lipinski definition) is 2. The van der Waals surface area contributed by atoms with Crippen LogP contribution in [-0.2, 0) is 0 Å². The molecule has 0 spiro atoms. The van der Waals surface area contributed by atoms with Crippen LogP contribution in [0.4, 0.5) is 5.69 Å². The van der Waals surface area contributed by atoms with Gasteiger partial charge in [0.1, 0.15) is 18.9 Å². The molecule has 3 aromatic rings. The molecule has 4 rings (SSSR count). The second-order valence-electron chi connectivity index (χ2n) is 5.40. The Bertz CT molecular complexity index is 1050. The van der Waals surface area contributed by atoms with Crippen molar-refractivity contribution in [3.05, 3.63) is 56.9 Å². The van der Waals surface area contributed by atoms with Crippen LogP contribution >= 0.6 is 22.9 Å². The van der Waals surface area contributed by atoms with Crippen molar-refractivity contribution in [3.63, 3.8) is 0 Å². The predicted molar refractivity (Wildman–Crippen MR) is 98.6 cm³/mol. The average molecular weight is 390 g/mol. The molecule has 26 heavy (non-hydrogen) atoms. The Balaban J connectivity index is 1.60. The van der Waals surface area contributed by atoms with Crippen LogP contribution in [-0.4, -0.2) is 29.1 Å². The molecule has 0 saturated heterocycles. The number of aromatic nitrogens is 2. The van der Waals surface area contributed by atoms with Gasteiger partial charge in [-0.05, 0) is 30.3 Å². The minimum Gasteiger partial charge on any atom is -0.486 e. The first-order valence-electron chi connectivity index (χ1n) is 7.66. The lowest BCUT2D eigenvalue weighted by Crippen LogP contribution is -2.21. The van der Waals surface area contributed by atoms with Gasteiger partial charge >= 0.3 is 5.69 Å². The maximum Gasteiger partial charge on any atom is 0.346 e. The molecule has 132 valence electrons. The molecular formula is C17H12ClN3O4S. The van der Waals surface area contributed by atoms with E-state index in [1.807, 2.05) is 0 Å². The summed E-state index contributed by atoms with van der Waals surface area (Å²) in [4.78, 5) is 31.4. The van der Waals surface area contributed by atoms with Crippen LogP contribution in [0.1, 0.15) is 10.5 Å². The van der Waals surface area contributed by atoms with E-state index in [-0.39, 0.29) is 5.69 Å². The zero-order chi connectivity index (χ0) is 18.1. The van der Waals surface area contributed by atoms with Gasteiger partial charge in [0.05, 0.1) is 14.9 Å². The third kappa shape index (κ3) is 3.42. The molecule has 0 fully saturated rings. The molecule has 2 aromatic heterocycles. The minimum atomic E-state index is -0.612. The third-order valence-corrected chi connectivity index (χ3v) is 4.88. The summed E-state index contributed by atoms with van der Waals surface area (Å²) >= 11 is 7.22. The van der Waals surface area contributed by atoms with Crippen LogP contribution < -0.4 is 20.5 Å². The summed E-state index contributed by atoms with van der Waals surface area (Å²) in [5.74, 6) is 0.680. The van der Waals surface area contributed by atoms with E-state index in [0.717, 1.165) is 4.88 Å². The zero-order valence-electron chi connectivity index (χ0n) is 13.2. The molecule has 9 heteroatoms. The standard InChI is InChI=1S/C17H12ClN3O4S/c18-15-4-3-14(26-15)10-8-11(21-17(23)20-10)16(22)19-9-1-2-12-13(7-9)25-6-5-24-12/h1-4,7-8H,5-6H2,(H,19,22)(H,20,21,23). The fourth-order valence-corrected chi connectivity index (χ4v) is 3.50. The first kappa shape index (κ1) is 16.6. The van der Waals surface area contributed by atoms with Crippen molar-refractivity contribution in [2.75, 3.05) is 18.5 Å². The largest absolute Gasteiger partial charge is 0.486 e. The molecule has 0 saturated carbocycles. The van der Waals surface area contributed by atoms with E-state index in [1.165, 1.54) is 17.4 Å². The predicted octanol–water partition coefficient (Wildman–Crippen LogP) is 3.18. The molecule has 1 aromatic carbocycles. The molecule has 0 atom stereocenters. The lowest BCUT2D eigenvalue weighted by Gasteiger charge is -2.18. The molecule has 0 radical (unpaired) electrons. The van der Waals surface area contributed by atoms with Crippen molar-refractivity contribution < 1.29 is 14.3 Å². The molecule has 0 aliphatic carbocycles. The van der Waals surface area contributed by atoms with E-state index in [0.29, 0.717) is 40.4 Å². The topological polar surface area (TPSA) is 93.3 Å². The lowest BCUT2D eigenvalue weighted by atomic mass is 10.2. The number of carbonyl (C=O) groups excluding carboxylic acids is 1. The number of H-pyrrole nitrogens is 1. The Kier molecular flexibility index (Phi) is 4.36. The van der Waals surface area contributed by atoms with Gasteiger partial charge in [0.15, 0.2) is 11.5 Å². The number of rotatable bonds is 3. The van der Waals surface area contributed by atoms with Gasteiger partial charge in [-0.2, -0.15) is 4.98 Å². The Morgan fingerprint density at radius 1 is 1.15 bits per heavy atom. The molecule has 0 bridgehead atoms. The van der Waals surface area contributed by atoms with E-state index in [4.69, 9.17) is 21.1 Å². The smallest absolute Gasteiger partial charge is 0.346 e. The Morgan fingerprint density at radius 2 is 1.96 bits per heavy atom. The molecule has 1 aliphatic heterocycles. The number of benzene rings is 1. The SMILES string of the molecule is O=C(Nc1ccc2c(c1)OCCO2)c1cc(-c2ccc(Cl)s2)[nH]c(=O)n1. The van der Waals surface area contributed by atoms with Crippen LogP contribution in [0.5, 0.6) is 11.5 Å². The number of halogens is 1. The fraction of sp³-hybridized carbons (Fsp3) is 0.118. The van der Waals surface area contributed by atoms with E-state index in [2.05, 4.69) is 15.3 Å². The Morgan fingerprint density at radius 3 is 2.73 bits per heavy atom. The molecule has 0 unspecified atom stereocenters. The van der Waals surface area contributed by atoms with Gasteiger partial charge in [-0.3, -0.25) is 4.79 Å². The highest BCUT2D eigenvalue weighted by Crippen LogP contribution is 2.33. The summed E-state index contributed by atoms with van der Waals surface area (Å²) in [7, 11) is 0. The first-order valence-corrected chi connectivity index (χ1v) is 8.86. The van der Waals surface area contributed by atoms with Gasteiger partial charge in [-0.25, -0.2) is 4.79 Å². The number of ether oxygens (including phenoxy) is 2. The van der Waals surface area contributed by atoms with Crippen molar-refractivity contribution in [2.45, 2.75) is 0 Å². The van der Waals surface area contributed by atoms with E-state index in [9.17, 15) is 9.59 Å². The van der Waals surface area contributed by atoms with E-state index >= 15 is 0 Å². The number of amides is 1. The molecule has 1 aliphatic rings. The van der Waals surface area contributed by atoms with Crippen molar-refractivity contribution in [1.29, 1.82) is 0 Å². The maximum absolute atomic E-state index is 12.5. The number of aromatic amines is 1. The first-order chi connectivity index (χ1) is 12.6. The van der Waals surface area contributed by atoms with Crippen molar-refractivity contribution in [3.8, 4) is 22.1 Å². The van der Waals surface area contributed by atoms with Gasteiger partial charge in [0.25, 0.3) is 5.91 Å². The highest BCUT2D eigenvalue weighted by Gasteiger charge is 2.15. The van der Waals surface area contributed by atoms with Gasteiger partial charge in [-0.15, -0.1) is 11.3 Å². The van der Waals surface area contributed by atoms with Gasteiger partial charge < -0.3 is 19.8 Å². The summed E-state index contributed by atoms with van der Waals surface area (Å²) in [6, 6.07) is 10.1. The zero-order valence-corrected chi connectivity index (χ0v) is 14.8. The molecule has 3 heterocycles. The number of anilines is 1. The van der Waals surface area contributed by atoms with Crippen LogP contribution in [0, 0.1) is 0 Å². The van der Waals surface area contributed by atoms with Gasteiger partial charge in [0.2, 0.25) is 0 Å². The number of nitrogens with zero attached hydrogens (tertiary/aromatic N) is 1. The van der Waals surface area contributed by atoms with Crippen LogP contribution in [0.3, 0.4) is 0 Å². The average Bonchev–Trinajstić information content (AvgIpc) is 3.07. The molecule has 2 N–H and O–H groups in total. The van der Waals surface area contributed by atoms with Crippen LogP contribution in [0.2, 0.25) is 4.34 Å². The quantitative estimate of drug-likeness (QED) is 0.717. The normalized spacial score (nSPS) is 12.7. The Labute approximate surface area is 156 Å². The van der Waals surface area contributed by atoms with Gasteiger partial charge in [-0.1, -0.05) is 11.6 Å². The molecule has 1 amide bonds. The maximum atomic E-state index is 12.5. The van der Waals surface area contributed by atoms with E-state index < -0.39 is 11.6 Å².